The van der Waals surface area contributed by atoms with E-state index in [1.807, 2.05) is 0 Å². The summed E-state index contributed by atoms with van der Waals surface area (Å²) in [5.74, 6) is -3.87. The normalized spacial score (nSPS) is 27.8. The average molecular weight is 511 g/mol. The van der Waals surface area contributed by atoms with Gasteiger partial charge in [0, 0.05) is 24.0 Å². The molecule has 8 heteroatoms. The van der Waals surface area contributed by atoms with Crippen molar-refractivity contribution in [2.24, 2.45) is 17.8 Å². The lowest BCUT2D eigenvalue weighted by Crippen LogP contribution is -2.40. The minimum absolute atomic E-state index is 0.150. The number of hydrogen-bond donors (Lipinski definition) is 0. The summed E-state index contributed by atoms with van der Waals surface area (Å²) in [6.45, 7) is 1.56. The Hall–Kier alpha value is -2.19. The van der Waals surface area contributed by atoms with Gasteiger partial charge >= 0.3 is 6.11 Å². The minimum Gasteiger partial charge on any atom is -0.429 e. The topological polar surface area (TPSA) is 27.7 Å². The van der Waals surface area contributed by atoms with E-state index in [1.165, 1.54) is 37.8 Å². The van der Waals surface area contributed by atoms with Crippen LogP contribution in [0.2, 0.25) is 0 Å². The number of hydrogen-bond acceptors (Lipinski definition) is 3. The van der Waals surface area contributed by atoms with Crippen LogP contribution in [0.3, 0.4) is 0 Å². The highest BCUT2D eigenvalue weighted by atomic mass is 19.3. The zero-order valence-corrected chi connectivity index (χ0v) is 20.0. The van der Waals surface area contributed by atoms with Crippen LogP contribution in [0.4, 0.5) is 22.0 Å². The van der Waals surface area contributed by atoms with Gasteiger partial charge in [-0.25, -0.2) is 13.2 Å². The Labute approximate surface area is 207 Å². The molecular weight excluding hydrogens is 479 g/mol. The van der Waals surface area contributed by atoms with E-state index in [2.05, 4.69) is 4.74 Å². The summed E-state index contributed by atoms with van der Waals surface area (Å²) < 4.78 is 85.7. The second-order valence-corrected chi connectivity index (χ2v) is 10.4. The molecule has 2 aliphatic carbocycles. The molecule has 3 fully saturated rings. The Morgan fingerprint density at radius 1 is 0.722 bits per heavy atom. The highest BCUT2D eigenvalue weighted by Crippen LogP contribution is 2.41. The molecule has 0 atom stereocenters. The van der Waals surface area contributed by atoms with E-state index in [1.54, 1.807) is 12.1 Å². The molecule has 0 amide bonds. The molecule has 2 saturated carbocycles. The second kappa shape index (κ2) is 10.7. The van der Waals surface area contributed by atoms with Crippen LogP contribution in [0.25, 0.3) is 0 Å². The van der Waals surface area contributed by atoms with E-state index in [0.717, 1.165) is 50.4 Å². The quantitative estimate of drug-likeness (QED) is 0.295. The lowest BCUT2D eigenvalue weighted by atomic mass is 9.78. The molecule has 36 heavy (non-hydrogen) atoms. The van der Waals surface area contributed by atoms with E-state index < -0.39 is 34.9 Å². The molecule has 3 nitrogen and oxygen atoms in total. The molecule has 1 heterocycles. The standard InChI is InChI=1S/C28H31F5O3/c29-24-13-23(14-25(30)26(24)31)36-28(32,33)22-11-9-19(10-12-22)18-5-7-20(8-6-18)27-34-15-21(16-35-27)17-3-1-2-4-17/h9-14,17-18,20-21,27H,1-8,15-16H2. The van der Waals surface area contributed by atoms with Crippen molar-refractivity contribution in [2.45, 2.75) is 69.7 Å². The van der Waals surface area contributed by atoms with Gasteiger partial charge in [-0.2, -0.15) is 8.78 Å². The number of halogens is 5. The fourth-order valence-electron chi connectivity index (χ4n) is 5.98. The van der Waals surface area contributed by atoms with Crippen LogP contribution in [0.1, 0.15) is 68.4 Å². The number of ether oxygens (including phenoxy) is 3. The number of rotatable bonds is 6. The summed E-state index contributed by atoms with van der Waals surface area (Å²) in [4.78, 5) is 0. The van der Waals surface area contributed by atoms with Crippen molar-refractivity contribution in [1.29, 1.82) is 0 Å². The maximum atomic E-state index is 14.6. The molecule has 1 saturated heterocycles. The van der Waals surface area contributed by atoms with Gasteiger partial charge < -0.3 is 14.2 Å². The average Bonchev–Trinajstić information content (AvgIpc) is 3.43. The monoisotopic (exact) mass is 510 g/mol. The molecule has 3 aliphatic rings. The Morgan fingerprint density at radius 3 is 1.89 bits per heavy atom. The highest BCUT2D eigenvalue weighted by Gasteiger charge is 2.37. The third-order valence-electron chi connectivity index (χ3n) is 8.09. The fourth-order valence-corrected chi connectivity index (χ4v) is 5.98. The summed E-state index contributed by atoms with van der Waals surface area (Å²) >= 11 is 0. The largest absolute Gasteiger partial charge is 0.429 e. The zero-order valence-electron chi connectivity index (χ0n) is 20.0. The van der Waals surface area contributed by atoms with E-state index in [0.29, 0.717) is 24.0 Å². The van der Waals surface area contributed by atoms with Gasteiger partial charge in [0.25, 0.3) is 0 Å². The van der Waals surface area contributed by atoms with Gasteiger partial charge in [-0.1, -0.05) is 37.8 Å². The number of benzene rings is 2. The Bertz CT molecular complexity index is 999. The van der Waals surface area contributed by atoms with E-state index >= 15 is 0 Å². The van der Waals surface area contributed by atoms with E-state index in [-0.39, 0.29) is 12.2 Å². The van der Waals surface area contributed by atoms with Crippen molar-refractivity contribution < 1.29 is 36.2 Å². The van der Waals surface area contributed by atoms with Crippen molar-refractivity contribution in [3.05, 3.63) is 65.0 Å². The smallest absolute Gasteiger partial charge is 0.426 e. The first-order chi connectivity index (χ1) is 17.3. The summed E-state index contributed by atoms with van der Waals surface area (Å²) in [6, 6.07) is 6.59. The minimum atomic E-state index is -3.83. The first kappa shape index (κ1) is 25.5. The molecule has 1 aliphatic heterocycles. The lowest BCUT2D eigenvalue weighted by Gasteiger charge is -2.39. The Balaban J connectivity index is 1.13. The maximum Gasteiger partial charge on any atom is 0.426 e. The Kier molecular flexibility index (Phi) is 7.54. The van der Waals surface area contributed by atoms with Crippen molar-refractivity contribution in [3.63, 3.8) is 0 Å². The molecule has 196 valence electrons. The van der Waals surface area contributed by atoms with Gasteiger partial charge in [0.1, 0.15) is 5.75 Å². The molecule has 0 unspecified atom stereocenters. The molecule has 5 rings (SSSR count). The zero-order chi connectivity index (χ0) is 25.3. The van der Waals surface area contributed by atoms with Gasteiger partial charge in [-0.05, 0) is 55.2 Å². The highest BCUT2D eigenvalue weighted by molar-refractivity contribution is 5.30. The van der Waals surface area contributed by atoms with Gasteiger partial charge in [0.05, 0.1) is 18.8 Å². The van der Waals surface area contributed by atoms with Crippen LogP contribution in [0, 0.1) is 35.2 Å². The summed E-state index contributed by atoms with van der Waals surface area (Å²) in [7, 11) is 0. The fraction of sp³-hybridized carbons (Fsp3) is 0.571. The van der Waals surface area contributed by atoms with Crippen molar-refractivity contribution in [3.8, 4) is 5.75 Å². The number of alkyl halides is 2. The van der Waals surface area contributed by atoms with E-state index in [4.69, 9.17) is 9.47 Å². The predicted octanol–water partition coefficient (Wildman–Crippen LogP) is 7.69. The predicted molar refractivity (Wildman–Crippen MR) is 123 cm³/mol. The third-order valence-corrected chi connectivity index (χ3v) is 8.09. The Morgan fingerprint density at radius 2 is 1.31 bits per heavy atom. The molecule has 0 aromatic heterocycles. The molecule has 0 spiro atoms. The summed E-state index contributed by atoms with van der Waals surface area (Å²) in [5.41, 5.74) is 0.504. The van der Waals surface area contributed by atoms with Gasteiger partial charge in [-0.3, -0.25) is 0 Å². The molecule has 0 N–H and O–H groups in total. The van der Waals surface area contributed by atoms with Gasteiger partial charge in [0.2, 0.25) is 0 Å². The molecule has 0 bridgehead atoms. The first-order valence-electron chi connectivity index (χ1n) is 12.8. The van der Waals surface area contributed by atoms with Crippen LogP contribution >= 0.6 is 0 Å². The van der Waals surface area contributed by atoms with Gasteiger partial charge in [-0.15, -0.1) is 0 Å². The van der Waals surface area contributed by atoms with Crippen LogP contribution < -0.4 is 4.74 Å². The second-order valence-electron chi connectivity index (χ2n) is 10.4. The summed E-state index contributed by atoms with van der Waals surface area (Å²) in [6.07, 6.45) is 4.95. The van der Waals surface area contributed by atoms with Crippen molar-refractivity contribution in [2.75, 3.05) is 13.2 Å². The maximum absolute atomic E-state index is 14.6. The summed E-state index contributed by atoms with van der Waals surface area (Å²) in [5, 5.41) is 0. The van der Waals surface area contributed by atoms with E-state index in [9.17, 15) is 22.0 Å². The molecule has 2 aromatic carbocycles. The van der Waals surface area contributed by atoms with Crippen LogP contribution in [-0.2, 0) is 15.6 Å². The first-order valence-corrected chi connectivity index (χ1v) is 12.8. The van der Waals surface area contributed by atoms with Gasteiger partial charge in [0.15, 0.2) is 23.7 Å². The van der Waals surface area contributed by atoms with Crippen molar-refractivity contribution >= 4 is 0 Å². The molecule has 2 aromatic rings. The third kappa shape index (κ3) is 5.54. The van der Waals surface area contributed by atoms with Crippen LogP contribution in [0.15, 0.2) is 36.4 Å². The molecule has 0 radical (unpaired) electrons. The SMILES string of the molecule is Fc1cc(OC(F)(F)c2ccc(C3CCC(C4OCC(C5CCCC5)CO4)CC3)cc2)cc(F)c1F. The van der Waals surface area contributed by atoms with Crippen LogP contribution in [-0.4, -0.2) is 19.5 Å². The van der Waals surface area contributed by atoms with Crippen molar-refractivity contribution in [1.82, 2.24) is 0 Å². The molecular formula is C28H31F5O3. The lowest BCUT2D eigenvalue weighted by molar-refractivity contribution is -0.234. The van der Waals surface area contributed by atoms with Crippen LogP contribution in [0.5, 0.6) is 5.75 Å².